The highest BCUT2D eigenvalue weighted by molar-refractivity contribution is 7.95. The number of hydrogen-bond donors (Lipinski definition) is 2. The van der Waals surface area contributed by atoms with Crippen LogP contribution in [0.2, 0.25) is 5.02 Å². The quantitative estimate of drug-likeness (QED) is 0.554. The zero-order valence-electron chi connectivity index (χ0n) is 15.0. The molecule has 0 heterocycles. The van der Waals surface area contributed by atoms with E-state index in [2.05, 4.69) is 9.44 Å². The predicted octanol–water partition coefficient (Wildman–Crippen LogP) is 4.55. The van der Waals surface area contributed by atoms with E-state index < -0.39 is 20.0 Å². The molecule has 0 unspecified atom stereocenters. The number of halogens is 1. The monoisotopic (exact) mass is 448 g/mol. The molecule has 0 aliphatic carbocycles. The van der Waals surface area contributed by atoms with E-state index in [0.717, 1.165) is 5.41 Å². The minimum Gasteiger partial charge on any atom is -0.280 e. The normalized spacial score (nSPS) is 12.0. The zero-order chi connectivity index (χ0) is 20.9. The Hall–Kier alpha value is -2.81. The standard InChI is InChI=1S/C20H17ClN2O4S2/c21-17-8-6-16(7-9-17)14-15-28(24,25)22-19-10-12-20(13-11-19)29(26,27)23-18-4-2-1-3-5-18/h1-15,22-23H/b15-14+. The fourth-order valence-corrected chi connectivity index (χ4v) is 4.42. The summed E-state index contributed by atoms with van der Waals surface area (Å²) < 4.78 is 54.1. The Morgan fingerprint density at radius 2 is 1.28 bits per heavy atom. The van der Waals surface area contributed by atoms with Crippen molar-refractivity contribution < 1.29 is 16.8 Å². The van der Waals surface area contributed by atoms with Crippen molar-refractivity contribution in [3.05, 3.63) is 94.9 Å². The molecule has 0 saturated heterocycles. The van der Waals surface area contributed by atoms with Gasteiger partial charge in [-0.1, -0.05) is 41.9 Å². The van der Waals surface area contributed by atoms with Crippen molar-refractivity contribution in [2.75, 3.05) is 9.44 Å². The molecule has 0 radical (unpaired) electrons. The number of hydrogen-bond acceptors (Lipinski definition) is 4. The molecule has 0 atom stereocenters. The van der Waals surface area contributed by atoms with Crippen molar-refractivity contribution in [3.8, 4) is 0 Å². The molecule has 2 N–H and O–H groups in total. The summed E-state index contributed by atoms with van der Waals surface area (Å²) in [7, 11) is -7.54. The molecule has 0 aliphatic heterocycles. The van der Waals surface area contributed by atoms with Crippen LogP contribution in [0.15, 0.2) is 89.2 Å². The Labute approximate surface area is 175 Å². The van der Waals surface area contributed by atoms with Crippen LogP contribution in [0.25, 0.3) is 6.08 Å². The van der Waals surface area contributed by atoms with Crippen LogP contribution in [0.5, 0.6) is 0 Å². The van der Waals surface area contributed by atoms with Gasteiger partial charge in [-0.15, -0.1) is 0 Å². The van der Waals surface area contributed by atoms with Crippen LogP contribution in [-0.2, 0) is 20.0 Å². The average Bonchev–Trinajstić information content (AvgIpc) is 2.68. The summed E-state index contributed by atoms with van der Waals surface area (Å²) in [6.07, 6.45) is 1.43. The lowest BCUT2D eigenvalue weighted by Crippen LogP contribution is -2.13. The molecular formula is C20H17ClN2O4S2. The minimum atomic E-state index is -3.78. The van der Waals surface area contributed by atoms with Crippen LogP contribution in [0.1, 0.15) is 5.56 Å². The van der Waals surface area contributed by atoms with Gasteiger partial charge in [0.15, 0.2) is 0 Å². The van der Waals surface area contributed by atoms with E-state index in [1.807, 2.05) is 0 Å². The van der Waals surface area contributed by atoms with Gasteiger partial charge in [0.25, 0.3) is 20.0 Å². The maximum absolute atomic E-state index is 12.4. The lowest BCUT2D eigenvalue weighted by molar-refractivity contribution is 0.601. The Kier molecular flexibility index (Phi) is 6.26. The summed E-state index contributed by atoms with van der Waals surface area (Å²) in [4.78, 5) is 0.0148. The van der Waals surface area contributed by atoms with E-state index >= 15 is 0 Å². The van der Waals surface area contributed by atoms with E-state index in [4.69, 9.17) is 11.6 Å². The van der Waals surface area contributed by atoms with Crippen molar-refractivity contribution in [3.63, 3.8) is 0 Å². The first-order chi connectivity index (χ1) is 13.7. The van der Waals surface area contributed by atoms with E-state index in [-0.39, 0.29) is 10.6 Å². The SMILES string of the molecule is O=S(=O)(/C=C/c1ccc(Cl)cc1)Nc1ccc(S(=O)(=O)Nc2ccccc2)cc1. The first kappa shape index (κ1) is 20.9. The van der Waals surface area contributed by atoms with Gasteiger partial charge in [-0.3, -0.25) is 9.44 Å². The number of nitrogens with one attached hydrogen (secondary N) is 2. The second kappa shape index (κ2) is 8.69. The van der Waals surface area contributed by atoms with Crippen LogP contribution in [0, 0.1) is 0 Å². The zero-order valence-corrected chi connectivity index (χ0v) is 17.4. The Morgan fingerprint density at radius 3 is 1.90 bits per heavy atom. The maximum Gasteiger partial charge on any atom is 0.261 e. The summed E-state index contributed by atoms with van der Waals surface area (Å²) in [5, 5.41) is 1.58. The average molecular weight is 449 g/mol. The second-order valence-corrected chi connectivity index (χ2v) is 9.68. The van der Waals surface area contributed by atoms with Crippen LogP contribution in [-0.4, -0.2) is 16.8 Å². The van der Waals surface area contributed by atoms with Gasteiger partial charge in [0, 0.05) is 16.4 Å². The van der Waals surface area contributed by atoms with Crippen molar-refractivity contribution >= 4 is 49.1 Å². The van der Waals surface area contributed by atoms with Gasteiger partial charge in [0.05, 0.1) is 10.3 Å². The van der Waals surface area contributed by atoms with E-state index in [0.29, 0.717) is 16.3 Å². The van der Waals surface area contributed by atoms with Crippen LogP contribution >= 0.6 is 11.6 Å². The number of benzene rings is 3. The molecule has 9 heteroatoms. The molecule has 6 nitrogen and oxygen atoms in total. The molecule has 150 valence electrons. The van der Waals surface area contributed by atoms with E-state index in [1.54, 1.807) is 54.6 Å². The van der Waals surface area contributed by atoms with Crippen LogP contribution < -0.4 is 9.44 Å². The molecule has 0 amide bonds. The fraction of sp³-hybridized carbons (Fsp3) is 0. The summed E-state index contributed by atoms with van der Waals surface area (Å²) >= 11 is 5.80. The molecule has 0 bridgehead atoms. The van der Waals surface area contributed by atoms with Crippen molar-refractivity contribution in [1.82, 2.24) is 0 Å². The summed E-state index contributed by atoms with van der Waals surface area (Å²) in [6.45, 7) is 0. The molecule has 0 aromatic heterocycles. The van der Waals surface area contributed by atoms with Gasteiger partial charge in [-0.2, -0.15) is 0 Å². The van der Waals surface area contributed by atoms with E-state index in [9.17, 15) is 16.8 Å². The van der Waals surface area contributed by atoms with Crippen molar-refractivity contribution in [1.29, 1.82) is 0 Å². The highest BCUT2D eigenvalue weighted by Gasteiger charge is 2.14. The van der Waals surface area contributed by atoms with Gasteiger partial charge in [-0.05, 0) is 60.2 Å². The first-order valence-electron chi connectivity index (χ1n) is 8.38. The summed E-state index contributed by atoms with van der Waals surface area (Å²) in [6, 6.07) is 20.6. The third-order valence-corrected chi connectivity index (χ3v) is 6.42. The smallest absolute Gasteiger partial charge is 0.261 e. The third-order valence-electron chi connectivity index (χ3n) is 3.76. The van der Waals surface area contributed by atoms with Crippen molar-refractivity contribution in [2.45, 2.75) is 4.90 Å². The largest absolute Gasteiger partial charge is 0.280 e. The number of para-hydroxylation sites is 1. The minimum absolute atomic E-state index is 0.0148. The van der Waals surface area contributed by atoms with E-state index in [1.165, 1.54) is 30.3 Å². The molecule has 3 aromatic carbocycles. The molecular weight excluding hydrogens is 432 g/mol. The molecule has 29 heavy (non-hydrogen) atoms. The Bertz CT molecular complexity index is 1210. The molecule has 0 saturated carbocycles. The van der Waals surface area contributed by atoms with Gasteiger partial charge < -0.3 is 0 Å². The highest BCUT2D eigenvalue weighted by atomic mass is 35.5. The predicted molar refractivity (Wildman–Crippen MR) is 117 cm³/mol. The Balaban J connectivity index is 1.70. The second-order valence-electron chi connectivity index (χ2n) is 6.00. The molecule has 0 aliphatic rings. The van der Waals surface area contributed by atoms with Crippen LogP contribution in [0.3, 0.4) is 0 Å². The lowest BCUT2D eigenvalue weighted by atomic mass is 10.2. The topological polar surface area (TPSA) is 92.3 Å². The maximum atomic E-state index is 12.4. The molecule has 0 fully saturated rings. The van der Waals surface area contributed by atoms with Gasteiger partial charge in [0.2, 0.25) is 0 Å². The summed E-state index contributed by atoms with van der Waals surface area (Å²) in [5.41, 5.74) is 1.35. The molecule has 3 rings (SSSR count). The number of rotatable bonds is 7. The number of sulfonamides is 2. The lowest BCUT2D eigenvalue weighted by Gasteiger charge is -2.09. The molecule has 3 aromatic rings. The van der Waals surface area contributed by atoms with Gasteiger partial charge in [0.1, 0.15) is 0 Å². The highest BCUT2D eigenvalue weighted by Crippen LogP contribution is 2.19. The Morgan fingerprint density at radius 1 is 0.690 bits per heavy atom. The molecule has 0 spiro atoms. The first-order valence-corrected chi connectivity index (χ1v) is 11.8. The number of anilines is 2. The summed E-state index contributed by atoms with van der Waals surface area (Å²) in [5.74, 6) is 0. The van der Waals surface area contributed by atoms with Crippen molar-refractivity contribution in [2.24, 2.45) is 0 Å². The van der Waals surface area contributed by atoms with Crippen LogP contribution in [0.4, 0.5) is 11.4 Å². The fourth-order valence-electron chi connectivity index (χ4n) is 2.36. The van der Waals surface area contributed by atoms with Gasteiger partial charge in [-0.25, -0.2) is 16.8 Å². The third kappa shape index (κ3) is 6.08. The van der Waals surface area contributed by atoms with Gasteiger partial charge >= 0.3 is 0 Å².